The lowest BCUT2D eigenvalue weighted by Gasteiger charge is -2.34. The maximum absolute atomic E-state index is 12.4. The number of nitrogens with one attached hydrogen (secondary N) is 2. The van der Waals surface area contributed by atoms with E-state index in [0.717, 1.165) is 19.6 Å². The molecule has 8 nitrogen and oxygen atoms in total. The van der Waals surface area contributed by atoms with E-state index in [0.29, 0.717) is 24.6 Å². The maximum Gasteiger partial charge on any atom is 0.263 e. The van der Waals surface area contributed by atoms with Crippen molar-refractivity contribution >= 4 is 21.8 Å². The molecule has 0 bridgehead atoms. The molecule has 0 spiro atoms. The standard InChI is InChI=1S/C19H28N4O4S/c1-13(2)11-23-8-9-27-15(12-23)10-20-19(24)14(3)21-18-16-6-4-5-7-17(16)28(25,26)22-18/h4-7,13-15H,8-12H2,1-3H3,(H,20,24)(H,21,22)/t14-,15?/m0/s1. The molecule has 1 saturated heterocycles. The summed E-state index contributed by atoms with van der Waals surface area (Å²) in [6, 6.07) is 5.87. The largest absolute Gasteiger partial charge is 0.374 e. The molecule has 1 unspecified atom stereocenters. The molecule has 28 heavy (non-hydrogen) atoms. The number of hydrogen-bond acceptors (Lipinski definition) is 6. The first-order chi connectivity index (χ1) is 13.3. The minimum Gasteiger partial charge on any atom is -0.374 e. The number of morpholine rings is 1. The van der Waals surface area contributed by atoms with Crippen molar-refractivity contribution in [2.24, 2.45) is 10.9 Å². The Labute approximate surface area is 166 Å². The predicted octanol–water partition coefficient (Wildman–Crippen LogP) is 0.587. The van der Waals surface area contributed by atoms with Crippen LogP contribution >= 0.6 is 0 Å². The number of sulfonamides is 1. The molecule has 9 heteroatoms. The zero-order chi connectivity index (χ0) is 20.3. The van der Waals surface area contributed by atoms with Crippen LogP contribution in [0.3, 0.4) is 0 Å². The highest BCUT2D eigenvalue weighted by molar-refractivity contribution is 7.90. The molecule has 3 rings (SSSR count). The van der Waals surface area contributed by atoms with Crippen molar-refractivity contribution in [2.45, 2.75) is 37.8 Å². The van der Waals surface area contributed by atoms with Crippen LogP contribution in [-0.4, -0.2) is 70.0 Å². The number of fused-ring (bicyclic) bond motifs is 1. The SMILES string of the molecule is CC(C)CN1CCOC(CNC(=O)[C@H](C)N=C2NS(=O)(=O)c3ccccc32)C1. The molecule has 2 atom stereocenters. The number of benzene rings is 1. The molecule has 1 aromatic carbocycles. The molecule has 0 aliphatic carbocycles. The second-order valence-electron chi connectivity index (χ2n) is 7.65. The molecule has 1 fully saturated rings. The molecule has 2 aliphatic rings. The minimum absolute atomic E-state index is 0.0537. The summed E-state index contributed by atoms with van der Waals surface area (Å²) >= 11 is 0. The molecule has 0 aromatic heterocycles. The third-order valence-electron chi connectivity index (χ3n) is 4.72. The van der Waals surface area contributed by atoms with Crippen LogP contribution in [0.2, 0.25) is 0 Å². The Kier molecular flexibility index (Phi) is 6.36. The summed E-state index contributed by atoms with van der Waals surface area (Å²) < 4.78 is 32.4. The number of aliphatic imine (C=N–C) groups is 1. The summed E-state index contributed by atoms with van der Waals surface area (Å²) in [5, 5.41) is 2.87. The van der Waals surface area contributed by atoms with Gasteiger partial charge in [0.15, 0.2) is 0 Å². The van der Waals surface area contributed by atoms with Crippen molar-refractivity contribution in [3.63, 3.8) is 0 Å². The highest BCUT2D eigenvalue weighted by Gasteiger charge is 2.31. The van der Waals surface area contributed by atoms with Crippen LogP contribution in [0.25, 0.3) is 0 Å². The Hall–Kier alpha value is -1.97. The van der Waals surface area contributed by atoms with E-state index in [2.05, 4.69) is 33.8 Å². The van der Waals surface area contributed by atoms with Gasteiger partial charge in [-0.05, 0) is 25.0 Å². The zero-order valence-corrected chi connectivity index (χ0v) is 17.3. The van der Waals surface area contributed by atoms with E-state index in [9.17, 15) is 13.2 Å². The summed E-state index contributed by atoms with van der Waals surface area (Å²) in [5.41, 5.74) is 0.488. The van der Waals surface area contributed by atoms with Gasteiger partial charge < -0.3 is 10.1 Å². The van der Waals surface area contributed by atoms with E-state index < -0.39 is 16.1 Å². The van der Waals surface area contributed by atoms with Gasteiger partial charge in [0.05, 0.1) is 17.6 Å². The maximum atomic E-state index is 12.4. The average Bonchev–Trinajstić information content (AvgIpc) is 2.90. The second kappa shape index (κ2) is 8.59. The van der Waals surface area contributed by atoms with Gasteiger partial charge in [-0.1, -0.05) is 26.0 Å². The van der Waals surface area contributed by atoms with Crippen LogP contribution in [0, 0.1) is 5.92 Å². The van der Waals surface area contributed by atoms with Crippen LogP contribution in [0.1, 0.15) is 26.3 Å². The Bertz CT molecular complexity index is 853. The Morgan fingerprint density at radius 2 is 2.11 bits per heavy atom. The Morgan fingerprint density at radius 1 is 1.36 bits per heavy atom. The highest BCUT2D eigenvalue weighted by atomic mass is 32.2. The molecule has 2 aliphatic heterocycles. The smallest absolute Gasteiger partial charge is 0.263 e. The fourth-order valence-corrected chi connectivity index (χ4v) is 4.67. The van der Waals surface area contributed by atoms with E-state index in [4.69, 9.17) is 4.74 Å². The lowest BCUT2D eigenvalue weighted by molar-refractivity contribution is -0.123. The number of carbonyl (C=O) groups is 1. The van der Waals surface area contributed by atoms with Crippen molar-refractivity contribution in [1.29, 1.82) is 0 Å². The van der Waals surface area contributed by atoms with E-state index in [1.165, 1.54) is 6.07 Å². The second-order valence-corrected chi connectivity index (χ2v) is 9.30. The average molecular weight is 409 g/mol. The zero-order valence-electron chi connectivity index (χ0n) is 16.5. The first-order valence-corrected chi connectivity index (χ1v) is 11.1. The van der Waals surface area contributed by atoms with Crippen molar-refractivity contribution in [1.82, 2.24) is 14.9 Å². The van der Waals surface area contributed by atoms with Gasteiger partial charge in [-0.15, -0.1) is 0 Å². The molecule has 0 saturated carbocycles. The van der Waals surface area contributed by atoms with Gasteiger partial charge in [0.2, 0.25) is 5.91 Å². The van der Waals surface area contributed by atoms with Crippen molar-refractivity contribution in [2.75, 3.05) is 32.8 Å². The van der Waals surface area contributed by atoms with E-state index in [1.807, 2.05) is 0 Å². The first kappa shape index (κ1) is 20.8. The van der Waals surface area contributed by atoms with E-state index in [-0.39, 0.29) is 22.7 Å². The summed E-state index contributed by atoms with van der Waals surface area (Å²) in [6.45, 7) is 9.78. The number of rotatable bonds is 6. The lowest BCUT2D eigenvalue weighted by atomic mass is 10.1. The van der Waals surface area contributed by atoms with Crippen LogP contribution in [-0.2, 0) is 19.6 Å². The molecule has 2 N–H and O–H groups in total. The van der Waals surface area contributed by atoms with Gasteiger partial charge in [0.1, 0.15) is 11.9 Å². The summed E-state index contributed by atoms with van der Waals surface area (Å²) in [5.74, 6) is 0.526. The third-order valence-corrected chi connectivity index (χ3v) is 6.11. The third kappa shape index (κ3) is 4.89. The fraction of sp³-hybridized carbons (Fsp3) is 0.579. The normalized spacial score (nSPS) is 24.0. The van der Waals surface area contributed by atoms with Gasteiger partial charge in [-0.2, -0.15) is 0 Å². The van der Waals surface area contributed by atoms with Gasteiger partial charge in [0, 0.05) is 31.7 Å². The molecule has 1 amide bonds. The van der Waals surface area contributed by atoms with E-state index in [1.54, 1.807) is 25.1 Å². The van der Waals surface area contributed by atoms with Crippen molar-refractivity contribution < 1.29 is 17.9 Å². The van der Waals surface area contributed by atoms with Crippen molar-refractivity contribution in [3.8, 4) is 0 Å². The van der Waals surface area contributed by atoms with Gasteiger partial charge in [0.25, 0.3) is 10.0 Å². The molecule has 154 valence electrons. The van der Waals surface area contributed by atoms with Crippen molar-refractivity contribution in [3.05, 3.63) is 29.8 Å². The highest BCUT2D eigenvalue weighted by Crippen LogP contribution is 2.22. The molecule has 0 radical (unpaired) electrons. The quantitative estimate of drug-likeness (QED) is 0.718. The minimum atomic E-state index is -3.61. The number of ether oxygens (including phenoxy) is 1. The first-order valence-electron chi connectivity index (χ1n) is 9.58. The Balaban J connectivity index is 1.58. The fourth-order valence-electron chi connectivity index (χ4n) is 3.43. The summed E-state index contributed by atoms with van der Waals surface area (Å²) in [4.78, 5) is 19.3. The monoisotopic (exact) mass is 408 g/mol. The Morgan fingerprint density at radius 3 is 2.86 bits per heavy atom. The summed E-state index contributed by atoms with van der Waals surface area (Å²) in [6.07, 6.45) is -0.0537. The van der Waals surface area contributed by atoms with Crippen LogP contribution in [0.4, 0.5) is 0 Å². The van der Waals surface area contributed by atoms with Gasteiger partial charge in [-0.25, -0.2) is 8.42 Å². The van der Waals surface area contributed by atoms with Gasteiger partial charge in [-0.3, -0.25) is 19.4 Å². The molecular weight excluding hydrogens is 380 g/mol. The van der Waals surface area contributed by atoms with Crippen LogP contribution < -0.4 is 10.0 Å². The van der Waals surface area contributed by atoms with Crippen LogP contribution in [0.15, 0.2) is 34.2 Å². The topological polar surface area (TPSA) is 100 Å². The number of amides is 1. The molecule has 2 heterocycles. The van der Waals surface area contributed by atoms with Crippen LogP contribution in [0.5, 0.6) is 0 Å². The number of amidine groups is 1. The number of nitrogens with zero attached hydrogens (tertiary/aromatic N) is 2. The number of carbonyl (C=O) groups excluding carboxylic acids is 1. The van der Waals surface area contributed by atoms with Gasteiger partial charge >= 0.3 is 0 Å². The summed E-state index contributed by atoms with van der Waals surface area (Å²) in [7, 11) is -3.61. The molecule has 1 aromatic rings. The lowest BCUT2D eigenvalue weighted by Crippen LogP contribution is -2.49. The predicted molar refractivity (Wildman–Crippen MR) is 107 cm³/mol. The van der Waals surface area contributed by atoms with E-state index >= 15 is 0 Å². The number of hydrogen-bond donors (Lipinski definition) is 2. The molecular formula is C19H28N4O4S.